The molecular formula is C13H20FNO2. The van der Waals surface area contributed by atoms with Gasteiger partial charge in [-0.15, -0.1) is 0 Å². The van der Waals surface area contributed by atoms with Gasteiger partial charge in [0.2, 0.25) is 0 Å². The van der Waals surface area contributed by atoms with Crippen LogP contribution < -0.4 is 10.5 Å². The molecule has 0 aromatic heterocycles. The lowest BCUT2D eigenvalue weighted by atomic mass is 10.0. The Hall–Kier alpha value is -1.13. The van der Waals surface area contributed by atoms with Crippen molar-refractivity contribution >= 4 is 0 Å². The molecule has 1 aromatic rings. The van der Waals surface area contributed by atoms with Gasteiger partial charge >= 0.3 is 0 Å². The number of unbranched alkanes of at least 4 members (excludes halogenated alkanes) is 1. The minimum atomic E-state index is -0.324. The summed E-state index contributed by atoms with van der Waals surface area (Å²) in [6.45, 7) is 1.13. The van der Waals surface area contributed by atoms with Gasteiger partial charge in [0.25, 0.3) is 0 Å². The molecule has 0 saturated heterocycles. The van der Waals surface area contributed by atoms with Crippen LogP contribution in [0.25, 0.3) is 0 Å². The fraction of sp³-hybridized carbons (Fsp3) is 0.538. The molecule has 0 bridgehead atoms. The van der Waals surface area contributed by atoms with Crippen LogP contribution in [0.3, 0.4) is 0 Å². The summed E-state index contributed by atoms with van der Waals surface area (Å²) in [5.41, 5.74) is 7.39. The van der Waals surface area contributed by atoms with E-state index in [2.05, 4.69) is 0 Å². The molecule has 0 amide bonds. The molecule has 0 spiro atoms. The van der Waals surface area contributed by atoms with Gasteiger partial charge in [0.15, 0.2) is 11.6 Å². The average Bonchev–Trinajstić information content (AvgIpc) is 2.32. The van der Waals surface area contributed by atoms with E-state index in [0.29, 0.717) is 13.2 Å². The number of hydrogen-bond donors (Lipinski definition) is 1. The summed E-state index contributed by atoms with van der Waals surface area (Å²) in [5.74, 6) is -0.0604. The molecule has 0 radical (unpaired) electrons. The third kappa shape index (κ3) is 3.98. The zero-order valence-corrected chi connectivity index (χ0v) is 10.5. The Labute approximate surface area is 102 Å². The first kappa shape index (κ1) is 13.9. The molecule has 0 unspecified atom stereocenters. The van der Waals surface area contributed by atoms with E-state index < -0.39 is 0 Å². The SMILES string of the molecule is COCc1cc(OC)c(F)cc1CCCCN. The molecule has 0 aliphatic heterocycles. The number of rotatable bonds is 7. The Kier molecular flexibility index (Phi) is 5.94. The predicted molar refractivity (Wildman–Crippen MR) is 65.7 cm³/mol. The Morgan fingerprint density at radius 1 is 1.18 bits per heavy atom. The summed E-state index contributed by atoms with van der Waals surface area (Å²) >= 11 is 0. The average molecular weight is 241 g/mol. The van der Waals surface area contributed by atoms with Gasteiger partial charge in [-0.05, 0) is 49.1 Å². The lowest BCUT2D eigenvalue weighted by Crippen LogP contribution is -2.03. The zero-order chi connectivity index (χ0) is 12.7. The van der Waals surface area contributed by atoms with Crippen LogP contribution in [0, 0.1) is 5.82 Å². The third-order valence-electron chi connectivity index (χ3n) is 2.67. The van der Waals surface area contributed by atoms with Gasteiger partial charge in [0.05, 0.1) is 13.7 Å². The second-order valence-electron chi connectivity index (χ2n) is 3.93. The van der Waals surface area contributed by atoms with Gasteiger partial charge in [0, 0.05) is 7.11 Å². The molecule has 3 nitrogen and oxygen atoms in total. The molecule has 1 rings (SSSR count). The predicted octanol–water partition coefficient (Wildman–Crippen LogP) is 2.26. The molecule has 96 valence electrons. The summed E-state index contributed by atoms with van der Waals surface area (Å²) < 4.78 is 23.7. The first-order valence-corrected chi connectivity index (χ1v) is 5.77. The van der Waals surface area contributed by atoms with Crippen LogP contribution in [0.4, 0.5) is 4.39 Å². The second kappa shape index (κ2) is 7.25. The number of aryl methyl sites for hydroxylation is 1. The van der Waals surface area contributed by atoms with Gasteiger partial charge in [0.1, 0.15) is 0 Å². The van der Waals surface area contributed by atoms with Crippen molar-refractivity contribution in [2.24, 2.45) is 5.73 Å². The quantitative estimate of drug-likeness (QED) is 0.745. The molecule has 0 saturated carbocycles. The molecule has 1 aromatic carbocycles. The molecule has 4 heteroatoms. The number of methoxy groups -OCH3 is 2. The number of halogens is 1. The number of nitrogens with two attached hydrogens (primary N) is 1. The van der Waals surface area contributed by atoms with E-state index in [9.17, 15) is 4.39 Å². The highest BCUT2D eigenvalue weighted by molar-refractivity contribution is 5.37. The molecular weight excluding hydrogens is 221 g/mol. The monoisotopic (exact) mass is 241 g/mol. The van der Waals surface area contributed by atoms with Crippen LogP contribution in [0.5, 0.6) is 5.75 Å². The maximum atomic E-state index is 13.6. The van der Waals surface area contributed by atoms with Crippen molar-refractivity contribution in [3.63, 3.8) is 0 Å². The molecule has 2 N–H and O–H groups in total. The smallest absolute Gasteiger partial charge is 0.165 e. The van der Waals surface area contributed by atoms with Crippen molar-refractivity contribution in [2.75, 3.05) is 20.8 Å². The standard InChI is InChI=1S/C13H20FNO2/c1-16-9-11-8-13(17-2)12(14)7-10(11)5-3-4-6-15/h7-8H,3-6,9,15H2,1-2H3. The normalized spacial score (nSPS) is 10.6. The van der Waals surface area contributed by atoms with Crippen LogP contribution >= 0.6 is 0 Å². The molecule has 17 heavy (non-hydrogen) atoms. The summed E-state index contributed by atoms with van der Waals surface area (Å²) in [7, 11) is 3.09. The highest BCUT2D eigenvalue weighted by Crippen LogP contribution is 2.24. The van der Waals surface area contributed by atoms with Crippen molar-refractivity contribution < 1.29 is 13.9 Å². The van der Waals surface area contributed by atoms with Crippen LogP contribution in [0.1, 0.15) is 24.0 Å². The Bertz CT molecular complexity index is 356. The van der Waals surface area contributed by atoms with Crippen molar-refractivity contribution in [2.45, 2.75) is 25.9 Å². The third-order valence-corrected chi connectivity index (χ3v) is 2.67. The van der Waals surface area contributed by atoms with Crippen LogP contribution in [0.15, 0.2) is 12.1 Å². The van der Waals surface area contributed by atoms with E-state index in [1.54, 1.807) is 13.2 Å². The maximum Gasteiger partial charge on any atom is 0.165 e. The van der Waals surface area contributed by atoms with Crippen molar-refractivity contribution in [3.8, 4) is 5.75 Å². The van der Waals surface area contributed by atoms with Crippen LogP contribution in [-0.2, 0) is 17.8 Å². The lowest BCUT2D eigenvalue weighted by Gasteiger charge is -2.11. The topological polar surface area (TPSA) is 44.5 Å². The van der Waals surface area contributed by atoms with E-state index in [1.165, 1.54) is 13.2 Å². The first-order chi connectivity index (χ1) is 8.22. The summed E-state index contributed by atoms with van der Waals surface area (Å²) in [5, 5.41) is 0. The minimum Gasteiger partial charge on any atom is -0.494 e. The number of benzene rings is 1. The van der Waals surface area contributed by atoms with E-state index >= 15 is 0 Å². The molecule has 0 aliphatic rings. The van der Waals surface area contributed by atoms with Gasteiger partial charge in [-0.1, -0.05) is 0 Å². The molecule has 0 fully saturated rings. The fourth-order valence-electron chi connectivity index (χ4n) is 1.78. The van der Waals surface area contributed by atoms with E-state index in [4.69, 9.17) is 15.2 Å². The Morgan fingerprint density at radius 2 is 1.94 bits per heavy atom. The molecule has 0 heterocycles. The highest BCUT2D eigenvalue weighted by atomic mass is 19.1. The molecule has 0 atom stereocenters. The second-order valence-corrected chi connectivity index (χ2v) is 3.93. The van der Waals surface area contributed by atoms with Gasteiger partial charge in [-0.3, -0.25) is 0 Å². The van der Waals surface area contributed by atoms with Gasteiger partial charge in [-0.2, -0.15) is 0 Å². The van der Waals surface area contributed by atoms with Gasteiger partial charge in [-0.25, -0.2) is 4.39 Å². The largest absolute Gasteiger partial charge is 0.494 e. The molecule has 0 aliphatic carbocycles. The van der Waals surface area contributed by atoms with Crippen molar-refractivity contribution in [1.82, 2.24) is 0 Å². The summed E-state index contributed by atoms with van der Waals surface area (Å²) in [6, 6.07) is 3.24. The van der Waals surface area contributed by atoms with E-state index in [-0.39, 0.29) is 11.6 Å². The summed E-state index contributed by atoms with van der Waals surface area (Å²) in [4.78, 5) is 0. The maximum absolute atomic E-state index is 13.6. The van der Waals surface area contributed by atoms with Crippen molar-refractivity contribution in [3.05, 3.63) is 29.1 Å². The van der Waals surface area contributed by atoms with Gasteiger partial charge < -0.3 is 15.2 Å². The first-order valence-electron chi connectivity index (χ1n) is 5.77. The van der Waals surface area contributed by atoms with E-state index in [1.807, 2.05) is 0 Å². The van der Waals surface area contributed by atoms with Crippen LogP contribution in [-0.4, -0.2) is 20.8 Å². The fourth-order valence-corrected chi connectivity index (χ4v) is 1.78. The number of hydrogen-bond acceptors (Lipinski definition) is 3. The lowest BCUT2D eigenvalue weighted by molar-refractivity contribution is 0.183. The highest BCUT2D eigenvalue weighted by Gasteiger charge is 2.10. The Morgan fingerprint density at radius 3 is 2.53 bits per heavy atom. The summed E-state index contributed by atoms with van der Waals surface area (Å²) in [6.07, 6.45) is 2.72. The minimum absolute atomic E-state index is 0.264. The zero-order valence-electron chi connectivity index (χ0n) is 10.5. The van der Waals surface area contributed by atoms with E-state index in [0.717, 1.165) is 30.4 Å². The Balaban J connectivity index is 2.88. The van der Waals surface area contributed by atoms with Crippen molar-refractivity contribution in [1.29, 1.82) is 0 Å². The number of ether oxygens (including phenoxy) is 2. The van der Waals surface area contributed by atoms with Crippen LogP contribution in [0.2, 0.25) is 0 Å².